The Kier molecular flexibility index (Phi) is 7.07. The van der Waals surface area contributed by atoms with Gasteiger partial charge in [-0.3, -0.25) is 14.9 Å². The summed E-state index contributed by atoms with van der Waals surface area (Å²) in [7, 11) is 1.90. The monoisotopic (exact) mass is 329 g/mol. The second-order valence-corrected chi connectivity index (χ2v) is 5.10. The van der Waals surface area contributed by atoms with Gasteiger partial charge in [0.25, 0.3) is 11.6 Å². The van der Waals surface area contributed by atoms with Crippen molar-refractivity contribution in [3.63, 3.8) is 0 Å². The molecule has 122 valence electrons. The van der Waals surface area contributed by atoms with E-state index >= 15 is 0 Å². The number of nitrogens with one attached hydrogen (secondary N) is 1. The van der Waals surface area contributed by atoms with Crippen molar-refractivity contribution in [2.45, 2.75) is 6.42 Å². The number of carbonyl (C=O) groups excluding carboxylic acids is 1. The van der Waals surface area contributed by atoms with E-state index in [1.54, 1.807) is 11.0 Å². The highest BCUT2D eigenvalue weighted by Crippen LogP contribution is 2.20. The van der Waals surface area contributed by atoms with Crippen LogP contribution in [0.3, 0.4) is 0 Å². The van der Waals surface area contributed by atoms with Crippen LogP contribution in [-0.4, -0.2) is 49.0 Å². The number of hydrogen-bond acceptors (Lipinski definition) is 5. The number of ether oxygens (including phenoxy) is 1. The second kappa shape index (κ2) is 8.55. The molecule has 1 aliphatic rings. The Morgan fingerprint density at radius 2 is 2.32 bits per heavy atom. The molecule has 0 bridgehead atoms. The third-order valence-corrected chi connectivity index (χ3v) is 3.52. The minimum atomic E-state index is -0.489. The molecular weight excluding hydrogens is 310 g/mol. The molecule has 1 aliphatic heterocycles. The molecule has 1 unspecified atom stereocenters. The number of amides is 1. The molecule has 2 rings (SSSR count). The van der Waals surface area contributed by atoms with Crippen molar-refractivity contribution in [3.8, 4) is 5.75 Å². The Morgan fingerprint density at radius 1 is 1.55 bits per heavy atom. The van der Waals surface area contributed by atoms with Gasteiger partial charge in [-0.1, -0.05) is 6.07 Å². The van der Waals surface area contributed by atoms with Gasteiger partial charge in [-0.15, -0.1) is 12.4 Å². The molecule has 8 heteroatoms. The maximum absolute atomic E-state index is 12.0. The van der Waals surface area contributed by atoms with Crippen LogP contribution in [0.5, 0.6) is 5.75 Å². The minimum Gasteiger partial charge on any atom is -0.484 e. The van der Waals surface area contributed by atoms with Gasteiger partial charge >= 0.3 is 0 Å². The van der Waals surface area contributed by atoms with Crippen LogP contribution in [0, 0.1) is 16.0 Å². The lowest BCUT2D eigenvalue weighted by Crippen LogP contribution is -2.34. The number of nitro groups is 1. The Bertz CT molecular complexity index is 527. The van der Waals surface area contributed by atoms with Gasteiger partial charge in [0.15, 0.2) is 6.61 Å². The molecule has 22 heavy (non-hydrogen) atoms. The number of nitrogens with zero attached hydrogens (tertiary/aromatic N) is 2. The number of nitro benzene ring substituents is 1. The summed E-state index contributed by atoms with van der Waals surface area (Å²) in [6.45, 7) is 2.28. The smallest absolute Gasteiger partial charge is 0.273 e. The Morgan fingerprint density at radius 3 is 3.00 bits per heavy atom. The van der Waals surface area contributed by atoms with Crippen LogP contribution in [0.1, 0.15) is 6.42 Å². The average molecular weight is 330 g/mol. The van der Waals surface area contributed by atoms with Crippen LogP contribution < -0.4 is 10.1 Å². The van der Waals surface area contributed by atoms with Gasteiger partial charge in [0.05, 0.1) is 11.0 Å². The number of carbonyl (C=O) groups is 1. The Labute approximate surface area is 135 Å². The van der Waals surface area contributed by atoms with Gasteiger partial charge in [0, 0.05) is 19.2 Å². The van der Waals surface area contributed by atoms with E-state index in [9.17, 15) is 14.9 Å². The molecule has 1 aromatic carbocycles. The number of hydrogen-bond donors (Lipinski definition) is 1. The van der Waals surface area contributed by atoms with Gasteiger partial charge in [-0.05, 0) is 32.0 Å². The van der Waals surface area contributed by atoms with Crippen LogP contribution in [0.2, 0.25) is 0 Å². The highest BCUT2D eigenvalue weighted by atomic mass is 35.5. The number of halogens is 1. The Hall–Kier alpha value is -1.86. The highest BCUT2D eigenvalue weighted by molar-refractivity contribution is 5.85. The summed E-state index contributed by atoms with van der Waals surface area (Å²) in [5, 5.41) is 13.8. The maximum Gasteiger partial charge on any atom is 0.273 e. The molecule has 0 aromatic heterocycles. The van der Waals surface area contributed by atoms with Gasteiger partial charge < -0.3 is 15.0 Å². The van der Waals surface area contributed by atoms with Crippen molar-refractivity contribution in [1.82, 2.24) is 10.2 Å². The molecule has 1 aromatic rings. The summed E-state index contributed by atoms with van der Waals surface area (Å²) >= 11 is 0. The summed E-state index contributed by atoms with van der Waals surface area (Å²) in [5.41, 5.74) is -0.0461. The maximum atomic E-state index is 12.0. The first-order valence-electron chi connectivity index (χ1n) is 6.89. The van der Waals surface area contributed by atoms with Crippen LogP contribution in [0.15, 0.2) is 24.3 Å². The average Bonchev–Trinajstić information content (AvgIpc) is 2.94. The predicted molar refractivity (Wildman–Crippen MR) is 84.5 cm³/mol. The molecule has 1 N–H and O–H groups in total. The second-order valence-electron chi connectivity index (χ2n) is 5.10. The summed E-state index contributed by atoms with van der Waals surface area (Å²) in [6.07, 6.45) is 0.989. The van der Waals surface area contributed by atoms with Gasteiger partial charge in [-0.25, -0.2) is 0 Å². The summed E-state index contributed by atoms with van der Waals surface area (Å²) in [5.74, 6) is 0.736. The van der Waals surface area contributed by atoms with Crippen LogP contribution in [-0.2, 0) is 4.79 Å². The number of likely N-dealkylation sites (tertiary alicyclic amines) is 1. The fraction of sp³-hybridized carbons (Fsp3) is 0.500. The number of benzene rings is 1. The molecule has 1 saturated heterocycles. The van der Waals surface area contributed by atoms with E-state index in [2.05, 4.69) is 5.32 Å². The molecule has 1 amide bonds. The number of rotatable bonds is 6. The van der Waals surface area contributed by atoms with Gasteiger partial charge in [-0.2, -0.15) is 0 Å². The summed E-state index contributed by atoms with van der Waals surface area (Å²) in [4.78, 5) is 24.0. The zero-order valence-electron chi connectivity index (χ0n) is 12.4. The highest BCUT2D eigenvalue weighted by Gasteiger charge is 2.25. The Balaban J connectivity index is 0.00000242. The first-order chi connectivity index (χ1) is 10.1. The van der Waals surface area contributed by atoms with Crippen molar-refractivity contribution in [2.24, 2.45) is 5.92 Å². The third-order valence-electron chi connectivity index (χ3n) is 3.52. The zero-order chi connectivity index (χ0) is 15.2. The summed E-state index contributed by atoms with van der Waals surface area (Å²) < 4.78 is 5.35. The van der Waals surface area contributed by atoms with Crippen molar-refractivity contribution in [1.29, 1.82) is 0 Å². The van der Waals surface area contributed by atoms with E-state index in [1.807, 2.05) is 7.05 Å². The molecule has 1 fully saturated rings. The predicted octanol–water partition coefficient (Wildman–Crippen LogP) is 1.46. The summed E-state index contributed by atoms with van der Waals surface area (Å²) in [6, 6.07) is 5.85. The normalized spacial score (nSPS) is 17.0. The quantitative estimate of drug-likeness (QED) is 0.631. The van der Waals surface area contributed by atoms with Crippen LogP contribution in [0.25, 0.3) is 0 Å². The lowest BCUT2D eigenvalue weighted by atomic mass is 10.1. The van der Waals surface area contributed by atoms with Crippen LogP contribution >= 0.6 is 12.4 Å². The number of non-ortho nitro benzene ring substituents is 1. The van der Waals surface area contributed by atoms with E-state index < -0.39 is 4.92 Å². The molecule has 0 aliphatic carbocycles. The SMILES string of the molecule is CNCC1CCN(C(=O)COc2cccc([N+](=O)[O-])c2)C1.Cl. The van der Waals surface area contributed by atoms with Crippen molar-refractivity contribution in [2.75, 3.05) is 33.3 Å². The van der Waals surface area contributed by atoms with Crippen molar-refractivity contribution in [3.05, 3.63) is 34.4 Å². The molecule has 7 nitrogen and oxygen atoms in total. The molecule has 1 atom stereocenters. The van der Waals surface area contributed by atoms with E-state index in [1.165, 1.54) is 18.2 Å². The van der Waals surface area contributed by atoms with Gasteiger partial charge in [0.1, 0.15) is 5.75 Å². The standard InChI is InChI=1S/C14H19N3O4.ClH/c1-15-8-11-5-6-16(9-11)14(18)10-21-13-4-2-3-12(7-13)17(19)20;/h2-4,7,11,15H,5-6,8-10H2,1H3;1H. The van der Waals surface area contributed by atoms with Crippen LogP contribution in [0.4, 0.5) is 5.69 Å². The van der Waals surface area contributed by atoms with Gasteiger partial charge in [0.2, 0.25) is 0 Å². The first-order valence-corrected chi connectivity index (χ1v) is 6.89. The van der Waals surface area contributed by atoms with E-state index in [4.69, 9.17) is 4.74 Å². The third kappa shape index (κ3) is 4.85. The lowest BCUT2D eigenvalue weighted by Gasteiger charge is -2.16. The van der Waals surface area contributed by atoms with Crippen molar-refractivity contribution >= 4 is 24.0 Å². The van der Waals surface area contributed by atoms with E-state index in [0.717, 1.165) is 26.1 Å². The zero-order valence-corrected chi connectivity index (χ0v) is 13.2. The van der Waals surface area contributed by atoms with Crippen molar-refractivity contribution < 1.29 is 14.5 Å². The largest absolute Gasteiger partial charge is 0.484 e. The fourth-order valence-corrected chi connectivity index (χ4v) is 2.44. The molecule has 0 radical (unpaired) electrons. The lowest BCUT2D eigenvalue weighted by molar-refractivity contribution is -0.384. The van der Waals surface area contributed by atoms with E-state index in [0.29, 0.717) is 11.7 Å². The molecule has 0 saturated carbocycles. The molecule has 0 spiro atoms. The topological polar surface area (TPSA) is 84.7 Å². The minimum absolute atomic E-state index is 0. The fourth-order valence-electron chi connectivity index (χ4n) is 2.44. The van der Waals surface area contributed by atoms with E-state index in [-0.39, 0.29) is 30.6 Å². The molecular formula is C14H20ClN3O4. The first kappa shape index (κ1) is 18.2. The molecule has 1 heterocycles.